The van der Waals surface area contributed by atoms with Crippen LogP contribution in [0, 0.1) is 0 Å². The lowest BCUT2D eigenvalue weighted by molar-refractivity contribution is 0.179. The van der Waals surface area contributed by atoms with Crippen molar-refractivity contribution < 1.29 is 4.74 Å². The lowest BCUT2D eigenvalue weighted by Crippen LogP contribution is -2.40. The smallest absolute Gasteiger partial charge is 0.188 e. The molecule has 0 heterocycles. The van der Waals surface area contributed by atoms with E-state index in [1.54, 1.807) is 7.11 Å². The summed E-state index contributed by atoms with van der Waals surface area (Å²) in [6.45, 7) is 5.74. The van der Waals surface area contributed by atoms with Gasteiger partial charge in [0.25, 0.3) is 0 Å². The average Bonchev–Trinajstić information content (AvgIpc) is 2.32. The quantitative estimate of drug-likeness (QED) is 0.340. The zero-order valence-electron chi connectivity index (χ0n) is 12.4. The molecule has 0 aliphatic carbocycles. The van der Waals surface area contributed by atoms with Crippen LogP contribution in [0.25, 0.3) is 0 Å². The predicted octanol–water partition coefficient (Wildman–Crippen LogP) is 2.68. The first kappa shape index (κ1) is 17.2. The van der Waals surface area contributed by atoms with Crippen molar-refractivity contribution in [3.05, 3.63) is 0 Å². The van der Waals surface area contributed by atoms with Gasteiger partial charge in [-0.3, -0.25) is 4.99 Å². The van der Waals surface area contributed by atoms with E-state index in [0.29, 0.717) is 12.6 Å². The highest BCUT2D eigenvalue weighted by Gasteiger charge is 2.00. The Bertz CT molecular complexity index is 207. The third kappa shape index (κ3) is 11.7. The molecule has 1 unspecified atom stereocenters. The predicted molar refractivity (Wildman–Crippen MR) is 79.0 cm³/mol. The van der Waals surface area contributed by atoms with Gasteiger partial charge in [0, 0.05) is 19.7 Å². The van der Waals surface area contributed by atoms with Gasteiger partial charge in [-0.15, -0.1) is 0 Å². The molecular formula is C14H31N3O. The number of nitrogens with one attached hydrogen (secondary N) is 1. The Balaban J connectivity index is 3.39. The monoisotopic (exact) mass is 257 g/mol. The topological polar surface area (TPSA) is 59.6 Å². The highest BCUT2D eigenvalue weighted by atomic mass is 16.5. The van der Waals surface area contributed by atoms with Gasteiger partial charge in [0.05, 0.1) is 6.61 Å². The summed E-state index contributed by atoms with van der Waals surface area (Å²) in [5.41, 5.74) is 5.77. The summed E-state index contributed by atoms with van der Waals surface area (Å²) in [7, 11) is 1.68. The molecule has 0 spiro atoms. The van der Waals surface area contributed by atoms with Crippen LogP contribution < -0.4 is 11.1 Å². The molecule has 1 atom stereocenters. The molecule has 0 rings (SSSR count). The lowest BCUT2D eigenvalue weighted by Gasteiger charge is -2.12. The van der Waals surface area contributed by atoms with Gasteiger partial charge < -0.3 is 15.8 Å². The second kappa shape index (κ2) is 12.7. The largest absolute Gasteiger partial charge is 0.383 e. The molecule has 0 aliphatic heterocycles. The number of nitrogens with zero attached hydrogens (tertiary/aromatic N) is 1. The SMILES string of the molecule is CCCCCCCCCN=C(N)NC(C)COC. The number of guanidine groups is 1. The summed E-state index contributed by atoms with van der Waals surface area (Å²) in [5.74, 6) is 0.533. The fourth-order valence-corrected chi connectivity index (χ4v) is 1.86. The highest BCUT2D eigenvalue weighted by molar-refractivity contribution is 5.78. The molecule has 0 aliphatic rings. The maximum Gasteiger partial charge on any atom is 0.188 e. The van der Waals surface area contributed by atoms with E-state index in [1.165, 1.54) is 38.5 Å². The van der Waals surface area contributed by atoms with Crippen molar-refractivity contribution in [1.82, 2.24) is 5.32 Å². The molecule has 0 fully saturated rings. The van der Waals surface area contributed by atoms with Crippen molar-refractivity contribution in [1.29, 1.82) is 0 Å². The molecule has 0 saturated heterocycles. The molecule has 0 saturated carbocycles. The minimum atomic E-state index is 0.216. The van der Waals surface area contributed by atoms with E-state index in [0.717, 1.165) is 13.0 Å². The molecular weight excluding hydrogens is 226 g/mol. The van der Waals surface area contributed by atoms with Crippen molar-refractivity contribution in [2.45, 2.75) is 64.8 Å². The lowest BCUT2D eigenvalue weighted by atomic mass is 10.1. The van der Waals surface area contributed by atoms with Crippen LogP contribution >= 0.6 is 0 Å². The number of ether oxygens (including phenoxy) is 1. The second-order valence-corrected chi connectivity index (χ2v) is 4.89. The number of methoxy groups -OCH3 is 1. The maximum atomic E-state index is 5.77. The van der Waals surface area contributed by atoms with Gasteiger partial charge in [-0.25, -0.2) is 0 Å². The molecule has 0 bridgehead atoms. The van der Waals surface area contributed by atoms with Crippen LogP contribution in [0.1, 0.15) is 58.8 Å². The van der Waals surface area contributed by atoms with Crippen LogP contribution in [0.5, 0.6) is 0 Å². The Morgan fingerprint density at radius 3 is 2.39 bits per heavy atom. The van der Waals surface area contributed by atoms with E-state index < -0.39 is 0 Å². The van der Waals surface area contributed by atoms with Gasteiger partial charge in [0.2, 0.25) is 0 Å². The summed E-state index contributed by atoms with van der Waals surface area (Å²) in [5, 5.41) is 3.10. The summed E-state index contributed by atoms with van der Waals surface area (Å²) < 4.78 is 5.02. The van der Waals surface area contributed by atoms with Crippen LogP contribution in [0.4, 0.5) is 0 Å². The number of hydrogen-bond donors (Lipinski definition) is 2. The van der Waals surface area contributed by atoms with Gasteiger partial charge in [0.15, 0.2) is 5.96 Å². The normalized spacial score (nSPS) is 13.6. The zero-order valence-corrected chi connectivity index (χ0v) is 12.4. The van der Waals surface area contributed by atoms with Crippen LogP contribution in [-0.4, -0.2) is 32.3 Å². The van der Waals surface area contributed by atoms with Gasteiger partial charge in [0.1, 0.15) is 0 Å². The fraction of sp³-hybridized carbons (Fsp3) is 0.929. The molecule has 0 aromatic heterocycles. The van der Waals surface area contributed by atoms with E-state index in [9.17, 15) is 0 Å². The van der Waals surface area contributed by atoms with Crippen molar-refractivity contribution in [3.8, 4) is 0 Å². The Hall–Kier alpha value is -0.770. The highest BCUT2D eigenvalue weighted by Crippen LogP contribution is 2.06. The number of aliphatic imine (C=N–C) groups is 1. The molecule has 0 aromatic rings. The van der Waals surface area contributed by atoms with Crippen LogP contribution in [-0.2, 0) is 4.74 Å². The van der Waals surface area contributed by atoms with Gasteiger partial charge in [-0.2, -0.15) is 0 Å². The Morgan fingerprint density at radius 2 is 1.78 bits per heavy atom. The summed E-state index contributed by atoms with van der Waals surface area (Å²) in [4.78, 5) is 4.31. The van der Waals surface area contributed by atoms with Crippen LogP contribution in [0.15, 0.2) is 4.99 Å². The maximum absolute atomic E-state index is 5.77. The molecule has 0 amide bonds. The van der Waals surface area contributed by atoms with Gasteiger partial charge >= 0.3 is 0 Å². The molecule has 4 heteroatoms. The van der Waals surface area contributed by atoms with Crippen molar-refractivity contribution in [3.63, 3.8) is 0 Å². The van der Waals surface area contributed by atoms with E-state index in [1.807, 2.05) is 6.92 Å². The third-order valence-corrected chi connectivity index (χ3v) is 2.85. The number of hydrogen-bond acceptors (Lipinski definition) is 2. The van der Waals surface area contributed by atoms with Crippen LogP contribution in [0.2, 0.25) is 0 Å². The van der Waals surface area contributed by atoms with Gasteiger partial charge in [-0.1, -0.05) is 45.4 Å². The summed E-state index contributed by atoms with van der Waals surface area (Å²) >= 11 is 0. The summed E-state index contributed by atoms with van der Waals surface area (Å²) in [6, 6.07) is 0.216. The average molecular weight is 257 g/mol. The van der Waals surface area contributed by atoms with E-state index in [4.69, 9.17) is 10.5 Å². The van der Waals surface area contributed by atoms with E-state index in [-0.39, 0.29) is 6.04 Å². The Labute approximate surface area is 112 Å². The Morgan fingerprint density at radius 1 is 1.17 bits per heavy atom. The minimum absolute atomic E-state index is 0.216. The summed E-state index contributed by atoms with van der Waals surface area (Å²) in [6.07, 6.45) is 9.12. The molecule has 4 nitrogen and oxygen atoms in total. The first-order valence-corrected chi connectivity index (χ1v) is 7.26. The van der Waals surface area contributed by atoms with Crippen molar-refractivity contribution in [2.75, 3.05) is 20.3 Å². The first-order chi connectivity index (χ1) is 8.70. The second-order valence-electron chi connectivity index (χ2n) is 4.89. The molecule has 0 radical (unpaired) electrons. The number of rotatable bonds is 11. The standard InChI is InChI=1S/C14H31N3O/c1-4-5-6-7-8-9-10-11-16-14(15)17-13(2)12-18-3/h13H,4-12H2,1-3H3,(H3,15,16,17). The Kier molecular flexibility index (Phi) is 12.1. The first-order valence-electron chi connectivity index (χ1n) is 7.26. The number of nitrogens with two attached hydrogens (primary N) is 1. The van der Waals surface area contributed by atoms with E-state index in [2.05, 4.69) is 17.2 Å². The minimum Gasteiger partial charge on any atom is -0.383 e. The van der Waals surface area contributed by atoms with Crippen LogP contribution in [0.3, 0.4) is 0 Å². The molecule has 0 aromatic carbocycles. The third-order valence-electron chi connectivity index (χ3n) is 2.85. The molecule has 3 N–H and O–H groups in total. The molecule has 18 heavy (non-hydrogen) atoms. The fourth-order valence-electron chi connectivity index (χ4n) is 1.86. The number of unbranched alkanes of at least 4 members (excludes halogenated alkanes) is 6. The van der Waals surface area contributed by atoms with Crippen molar-refractivity contribution in [2.24, 2.45) is 10.7 Å². The zero-order chi connectivity index (χ0) is 13.6. The molecule has 108 valence electrons. The van der Waals surface area contributed by atoms with Crippen molar-refractivity contribution >= 4 is 5.96 Å². The van der Waals surface area contributed by atoms with Gasteiger partial charge in [-0.05, 0) is 13.3 Å². The van der Waals surface area contributed by atoms with E-state index >= 15 is 0 Å².